The number of nitrogens with zero attached hydrogens (tertiary/aromatic N) is 3. The smallest absolute Gasteiger partial charge is 0.269 e. The van der Waals surface area contributed by atoms with Crippen molar-refractivity contribution in [1.82, 2.24) is 14.7 Å². The highest BCUT2D eigenvalue weighted by Crippen LogP contribution is 2.48. The van der Waals surface area contributed by atoms with Crippen LogP contribution in [0.3, 0.4) is 0 Å². The van der Waals surface area contributed by atoms with Crippen LogP contribution in [0, 0.1) is 11.7 Å². The number of likely N-dealkylation sites (tertiary alicyclic amines) is 1. The van der Waals surface area contributed by atoms with Crippen molar-refractivity contribution in [2.45, 2.75) is 44.3 Å². The Hall–Kier alpha value is -3.26. The molecule has 1 saturated heterocycles. The molecule has 2 fully saturated rings. The largest absolute Gasteiger partial charge is 0.364 e. The van der Waals surface area contributed by atoms with Gasteiger partial charge in [0.2, 0.25) is 5.91 Å². The fraction of sp³-hybridized carbons (Fsp3) is 0.333. The fourth-order valence-corrected chi connectivity index (χ4v) is 5.10. The number of carbonyl (C=O) groups is 3. The van der Waals surface area contributed by atoms with Crippen molar-refractivity contribution in [3.8, 4) is 0 Å². The van der Waals surface area contributed by atoms with E-state index < -0.39 is 17.8 Å². The zero-order chi connectivity index (χ0) is 23.3. The predicted octanol–water partition coefficient (Wildman–Crippen LogP) is 3.12. The topological polar surface area (TPSA) is 98.3 Å². The standard InChI is InChI=1S/C24H22ClFN4O3/c25-16-6-3-4-13(22(16)26)8-9-20(31)19-11-14-10-18(14)30(19)21(32)12-29-17-7-2-1-5-15(17)23(28-29)24(27)33/h1-7,14,18-19H,8-12H2,(H2,27,33)/t14-,18-,19+/m1/s1. The second-order valence-electron chi connectivity index (χ2n) is 8.68. The summed E-state index contributed by atoms with van der Waals surface area (Å²) in [6, 6.07) is 11.3. The lowest BCUT2D eigenvalue weighted by Gasteiger charge is -2.27. The first-order valence-electron chi connectivity index (χ1n) is 10.9. The van der Waals surface area contributed by atoms with Crippen molar-refractivity contribution in [1.29, 1.82) is 0 Å². The number of halogens is 2. The van der Waals surface area contributed by atoms with Gasteiger partial charge in [0.1, 0.15) is 12.4 Å². The van der Waals surface area contributed by atoms with E-state index in [9.17, 15) is 18.8 Å². The molecule has 2 N–H and O–H groups in total. The number of para-hydroxylation sites is 1. The van der Waals surface area contributed by atoms with Gasteiger partial charge in [-0.1, -0.05) is 41.9 Å². The third kappa shape index (κ3) is 3.88. The minimum absolute atomic E-state index is 0.0284. The van der Waals surface area contributed by atoms with Gasteiger partial charge in [-0.3, -0.25) is 19.1 Å². The SMILES string of the molecule is NC(=O)c1nn(CC(=O)N2[C@@H]3C[C@@H]3C[C@H]2C(=O)CCc2cccc(Cl)c2F)c2ccccc12. The molecular weight excluding hydrogens is 447 g/mol. The summed E-state index contributed by atoms with van der Waals surface area (Å²) in [6.07, 6.45) is 1.86. The zero-order valence-corrected chi connectivity index (χ0v) is 18.5. The molecule has 1 aromatic heterocycles. The molecule has 1 aliphatic carbocycles. The number of benzene rings is 2. The van der Waals surface area contributed by atoms with Crippen molar-refractivity contribution < 1.29 is 18.8 Å². The van der Waals surface area contributed by atoms with E-state index in [0.29, 0.717) is 28.8 Å². The van der Waals surface area contributed by atoms with Gasteiger partial charge < -0.3 is 10.6 Å². The number of ketones is 1. The molecule has 170 valence electrons. The average Bonchev–Trinajstić information content (AvgIpc) is 3.30. The quantitative estimate of drug-likeness (QED) is 0.576. The highest BCUT2D eigenvalue weighted by Gasteiger charge is 2.55. The van der Waals surface area contributed by atoms with Crippen LogP contribution >= 0.6 is 11.6 Å². The third-order valence-corrected chi connectivity index (χ3v) is 6.90. The molecular formula is C24H22ClFN4O3. The number of nitrogens with two attached hydrogens (primary N) is 1. The van der Waals surface area contributed by atoms with Crippen LogP contribution in [0.15, 0.2) is 42.5 Å². The molecule has 3 atom stereocenters. The van der Waals surface area contributed by atoms with E-state index in [1.165, 1.54) is 10.7 Å². The van der Waals surface area contributed by atoms with E-state index >= 15 is 0 Å². The molecule has 2 aromatic carbocycles. The molecule has 2 heterocycles. The molecule has 2 amide bonds. The summed E-state index contributed by atoms with van der Waals surface area (Å²) >= 11 is 5.84. The van der Waals surface area contributed by atoms with Gasteiger partial charge in [0, 0.05) is 17.8 Å². The Morgan fingerprint density at radius 2 is 1.91 bits per heavy atom. The monoisotopic (exact) mass is 468 g/mol. The number of aryl methyl sites for hydroxylation is 1. The molecule has 7 nitrogen and oxygen atoms in total. The van der Waals surface area contributed by atoms with Crippen molar-refractivity contribution >= 4 is 40.1 Å². The fourth-order valence-electron chi connectivity index (χ4n) is 4.91. The molecule has 0 bridgehead atoms. The maximum Gasteiger partial charge on any atom is 0.269 e. The number of aromatic nitrogens is 2. The summed E-state index contributed by atoms with van der Waals surface area (Å²) in [7, 11) is 0. The van der Waals surface area contributed by atoms with Gasteiger partial charge in [-0.15, -0.1) is 0 Å². The number of rotatable bonds is 7. The van der Waals surface area contributed by atoms with E-state index in [-0.39, 0.29) is 47.8 Å². The number of fused-ring (bicyclic) bond motifs is 2. The number of Topliss-reactive ketones (excluding diaryl/α,β-unsaturated/α-hetero) is 1. The van der Waals surface area contributed by atoms with Gasteiger partial charge >= 0.3 is 0 Å². The Bertz CT molecular complexity index is 1290. The van der Waals surface area contributed by atoms with Crippen molar-refractivity contribution in [3.63, 3.8) is 0 Å². The van der Waals surface area contributed by atoms with Crippen LogP contribution < -0.4 is 5.73 Å². The van der Waals surface area contributed by atoms with Crippen LogP contribution in [-0.4, -0.2) is 44.4 Å². The number of carbonyl (C=O) groups excluding carboxylic acids is 3. The predicted molar refractivity (Wildman–Crippen MR) is 120 cm³/mol. The van der Waals surface area contributed by atoms with Gasteiger partial charge in [0.25, 0.3) is 5.91 Å². The molecule has 3 aromatic rings. The summed E-state index contributed by atoms with van der Waals surface area (Å²) in [5, 5.41) is 4.87. The molecule has 2 aliphatic rings. The van der Waals surface area contributed by atoms with Gasteiger partial charge in [0.15, 0.2) is 11.5 Å². The molecule has 1 aliphatic heterocycles. The Morgan fingerprint density at radius 3 is 2.70 bits per heavy atom. The summed E-state index contributed by atoms with van der Waals surface area (Å²) in [5.41, 5.74) is 6.58. The van der Waals surface area contributed by atoms with Crippen LogP contribution in [0.2, 0.25) is 5.02 Å². The minimum atomic E-state index is -0.665. The summed E-state index contributed by atoms with van der Waals surface area (Å²) < 4.78 is 15.7. The van der Waals surface area contributed by atoms with Crippen molar-refractivity contribution in [3.05, 3.63) is 64.6 Å². The maximum atomic E-state index is 14.2. The van der Waals surface area contributed by atoms with Gasteiger partial charge in [-0.2, -0.15) is 5.10 Å². The number of amides is 2. The average molecular weight is 469 g/mol. The highest BCUT2D eigenvalue weighted by atomic mass is 35.5. The molecule has 9 heteroatoms. The van der Waals surface area contributed by atoms with Crippen molar-refractivity contribution in [2.75, 3.05) is 0 Å². The van der Waals surface area contributed by atoms with Crippen molar-refractivity contribution in [2.24, 2.45) is 11.7 Å². The lowest BCUT2D eigenvalue weighted by molar-refractivity contribution is -0.139. The van der Waals surface area contributed by atoms with E-state index in [1.54, 1.807) is 41.3 Å². The Balaban J connectivity index is 1.33. The second kappa shape index (κ2) is 8.26. The maximum absolute atomic E-state index is 14.2. The van der Waals surface area contributed by atoms with Crippen LogP contribution in [0.1, 0.15) is 35.3 Å². The molecule has 0 radical (unpaired) electrons. The third-order valence-electron chi connectivity index (χ3n) is 6.61. The van der Waals surface area contributed by atoms with E-state index in [0.717, 1.165) is 6.42 Å². The summed E-state index contributed by atoms with van der Waals surface area (Å²) in [6.45, 7) is -0.0935. The lowest BCUT2D eigenvalue weighted by atomic mass is 10.00. The van der Waals surface area contributed by atoms with Gasteiger partial charge in [-0.25, -0.2) is 4.39 Å². The summed E-state index contributed by atoms with van der Waals surface area (Å²) in [4.78, 5) is 39.7. The first kappa shape index (κ1) is 21.6. The zero-order valence-electron chi connectivity index (χ0n) is 17.7. The van der Waals surface area contributed by atoms with Gasteiger partial charge in [0.05, 0.1) is 16.6 Å². The molecule has 0 unspecified atom stereocenters. The molecule has 1 saturated carbocycles. The number of hydrogen-bond acceptors (Lipinski definition) is 4. The summed E-state index contributed by atoms with van der Waals surface area (Å²) in [5.74, 6) is -1.16. The first-order valence-corrected chi connectivity index (χ1v) is 11.2. The first-order chi connectivity index (χ1) is 15.8. The molecule has 33 heavy (non-hydrogen) atoms. The number of hydrogen-bond donors (Lipinski definition) is 1. The number of piperidine rings is 1. The van der Waals surface area contributed by atoms with Gasteiger partial charge in [-0.05, 0) is 42.9 Å². The Labute approximate surface area is 194 Å². The van der Waals surface area contributed by atoms with E-state index in [4.69, 9.17) is 17.3 Å². The van der Waals surface area contributed by atoms with E-state index in [2.05, 4.69) is 5.10 Å². The molecule has 0 spiro atoms. The van der Waals surface area contributed by atoms with Crippen LogP contribution in [0.25, 0.3) is 10.9 Å². The normalized spacial score (nSPS) is 21.3. The lowest BCUT2D eigenvalue weighted by Crippen LogP contribution is -2.44. The Kier molecular flexibility index (Phi) is 5.40. The Morgan fingerprint density at radius 1 is 1.12 bits per heavy atom. The van der Waals surface area contributed by atoms with Crippen LogP contribution in [0.5, 0.6) is 0 Å². The van der Waals surface area contributed by atoms with Crippen LogP contribution in [-0.2, 0) is 22.6 Å². The number of primary amides is 1. The van der Waals surface area contributed by atoms with Crippen LogP contribution in [0.4, 0.5) is 4.39 Å². The molecule has 5 rings (SSSR count). The second-order valence-corrected chi connectivity index (χ2v) is 9.09. The minimum Gasteiger partial charge on any atom is -0.364 e. The van der Waals surface area contributed by atoms with E-state index in [1.807, 2.05) is 0 Å². The highest BCUT2D eigenvalue weighted by molar-refractivity contribution is 6.30.